The van der Waals surface area contributed by atoms with E-state index in [2.05, 4.69) is 4.72 Å². The van der Waals surface area contributed by atoms with E-state index < -0.39 is 10.0 Å². The molecule has 2 atom stereocenters. The molecule has 0 radical (unpaired) electrons. The highest BCUT2D eigenvalue weighted by Crippen LogP contribution is 2.26. The molecule has 6 nitrogen and oxygen atoms in total. The predicted molar refractivity (Wildman–Crippen MR) is 62.6 cm³/mol. The van der Waals surface area contributed by atoms with Crippen molar-refractivity contribution in [1.82, 2.24) is 4.72 Å². The molecule has 18 heavy (non-hydrogen) atoms. The lowest BCUT2D eigenvalue weighted by molar-refractivity contribution is 0.109. The van der Waals surface area contributed by atoms with Crippen LogP contribution in [0.1, 0.15) is 29.8 Å². The molecule has 1 heterocycles. The fourth-order valence-corrected chi connectivity index (χ4v) is 3.49. The summed E-state index contributed by atoms with van der Waals surface area (Å²) in [6, 6.07) is 2.28. The van der Waals surface area contributed by atoms with Crippen LogP contribution in [0.15, 0.2) is 21.6 Å². The van der Waals surface area contributed by atoms with Gasteiger partial charge in [-0.25, -0.2) is 13.1 Å². The van der Waals surface area contributed by atoms with E-state index in [1.807, 2.05) is 0 Å². The first kappa shape index (κ1) is 13.3. The van der Waals surface area contributed by atoms with Crippen LogP contribution < -0.4 is 4.72 Å². The number of furan rings is 1. The Kier molecular flexibility index (Phi) is 3.84. The van der Waals surface area contributed by atoms with Crippen LogP contribution >= 0.6 is 0 Å². The maximum absolute atomic E-state index is 12.0. The third kappa shape index (κ3) is 2.63. The van der Waals surface area contributed by atoms with Crippen molar-refractivity contribution >= 4 is 16.3 Å². The lowest BCUT2D eigenvalue weighted by Gasteiger charge is -2.17. The number of aliphatic hydroxyl groups excluding tert-OH is 1. The largest absolute Gasteiger partial charge is 0.440 e. The number of aldehydes is 1. The van der Waals surface area contributed by atoms with Gasteiger partial charge in [0, 0.05) is 12.6 Å². The van der Waals surface area contributed by atoms with Crippen molar-refractivity contribution in [2.75, 3.05) is 6.61 Å². The van der Waals surface area contributed by atoms with Crippen LogP contribution in [0.2, 0.25) is 0 Å². The Labute approximate surface area is 105 Å². The molecule has 1 aromatic rings. The molecule has 0 aromatic carbocycles. The summed E-state index contributed by atoms with van der Waals surface area (Å²) < 4.78 is 31.4. The van der Waals surface area contributed by atoms with Gasteiger partial charge in [0.15, 0.2) is 12.0 Å². The Morgan fingerprint density at radius 1 is 1.44 bits per heavy atom. The zero-order valence-electron chi connectivity index (χ0n) is 9.70. The molecule has 0 bridgehead atoms. The van der Waals surface area contributed by atoms with Crippen molar-refractivity contribution in [2.24, 2.45) is 5.92 Å². The molecular formula is C11H15NO5S. The van der Waals surface area contributed by atoms with E-state index in [1.165, 1.54) is 12.1 Å². The zero-order chi connectivity index (χ0) is 13.2. The average molecular weight is 273 g/mol. The van der Waals surface area contributed by atoms with Gasteiger partial charge < -0.3 is 9.52 Å². The van der Waals surface area contributed by atoms with Gasteiger partial charge in [0.05, 0.1) is 0 Å². The molecule has 2 N–H and O–H groups in total. The highest BCUT2D eigenvalue weighted by molar-refractivity contribution is 7.89. The molecule has 1 aliphatic carbocycles. The summed E-state index contributed by atoms with van der Waals surface area (Å²) >= 11 is 0. The van der Waals surface area contributed by atoms with Crippen molar-refractivity contribution in [3.05, 3.63) is 17.9 Å². The van der Waals surface area contributed by atoms with Crippen molar-refractivity contribution in [3.63, 3.8) is 0 Å². The maximum atomic E-state index is 12.0. The Morgan fingerprint density at radius 3 is 2.83 bits per heavy atom. The van der Waals surface area contributed by atoms with E-state index in [0.29, 0.717) is 12.7 Å². The van der Waals surface area contributed by atoms with Gasteiger partial charge in [-0.1, -0.05) is 6.42 Å². The molecule has 1 saturated carbocycles. The number of sulfonamides is 1. The van der Waals surface area contributed by atoms with Crippen LogP contribution in [0.4, 0.5) is 0 Å². The Bertz CT molecular complexity index is 521. The molecule has 0 aliphatic heterocycles. The number of hydrogen-bond acceptors (Lipinski definition) is 5. The summed E-state index contributed by atoms with van der Waals surface area (Å²) in [5.74, 6) is -0.0826. The molecule has 0 amide bonds. The monoisotopic (exact) mass is 273 g/mol. The fraction of sp³-hybridized carbons (Fsp3) is 0.545. The average Bonchev–Trinajstić information content (AvgIpc) is 2.96. The number of nitrogens with one attached hydrogen (secondary N) is 1. The standard InChI is InChI=1S/C11H15NO5S/c13-6-8-2-1-3-10(8)12-18(15,16)11-5-4-9(7-14)17-11/h4-5,7-8,10,12-13H,1-3,6H2. The summed E-state index contributed by atoms with van der Waals surface area (Å²) in [7, 11) is -3.76. The van der Waals surface area contributed by atoms with E-state index in [9.17, 15) is 13.2 Å². The second-order valence-electron chi connectivity index (χ2n) is 4.38. The smallest absolute Gasteiger partial charge is 0.274 e. The molecule has 7 heteroatoms. The van der Waals surface area contributed by atoms with Gasteiger partial charge in [0.2, 0.25) is 5.09 Å². The second kappa shape index (κ2) is 5.21. The lowest BCUT2D eigenvalue weighted by Crippen LogP contribution is -2.38. The zero-order valence-corrected chi connectivity index (χ0v) is 10.5. The van der Waals surface area contributed by atoms with Crippen LogP contribution in [0.5, 0.6) is 0 Å². The number of carbonyl (C=O) groups excluding carboxylic acids is 1. The number of hydrogen-bond donors (Lipinski definition) is 2. The van der Waals surface area contributed by atoms with Gasteiger partial charge in [-0.2, -0.15) is 0 Å². The molecule has 1 aliphatic rings. The lowest BCUT2D eigenvalue weighted by atomic mass is 10.1. The van der Waals surface area contributed by atoms with Crippen molar-refractivity contribution in [2.45, 2.75) is 30.4 Å². The Balaban J connectivity index is 2.14. The topological polar surface area (TPSA) is 96.6 Å². The third-order valence-electron chi connectivity index (χ3n) is 3.18. The van der Waals surface area contributed by atoms with E-state index in [-0.39, 0.29) is 29.4 Å². The molecule has 2 unspecified atom stereocenters. The minimum Gasteiger partial charge on any atom is -0.440 e. The maximum Gasteiger partial charge on any atom is 0.274 e. The molecule has 2 rings (SSSR count). The molecule has 100 valence electrons. The first-order valence-electron chi connectivity index (χ1n) is 5.75. The van der Waals surface area contributed by atoms with E-state index >= 15 is 0 Å². The third-order valence-corrected chi connectivity index (χ3v) is 4.55. The fourth-order valence-electron chi connectivity index (χ4n) is 2.21. The van der Waals surface area contributed by atoms with E-state index in [0.717, 1.165) is 12.8 Å². The quantitative estimate of drug-likeness (QED) is 0.763. The molecule has 1 aromatic heterocycles. The number of carbonyl (C=O) groups is 1. The second-order valence-corrected chi connectivity index (χ2v) is 6.02. The summed E-state index contributed by atoms with van der Waals surface area (Å²) in [6.45, 7) is -0.0368. The first-order chi connectivity index (χ1) is 8.56. The minimum absolute atomic E-state index is 0.0273. The highest BCUT2D eigenvalue weighted by atomic mass is 32.2. The summed E-state index contributed by atoms with van der Waals surface area (Å²) in [6.07, 6.45) is 2.84. The van der Waals surface area contributed by atoms with Crippen molar-refractivity contribution in [1.29, 1.82) is 0 Å². The number of rotatable bonds is 5. The van der Waals surface area contributed by atoms with Crippen molar-refractivity contribution < 1.29 is 22.7 Å². The van der Waals surface area contributed by atoms with Crippen LogP contribution in [0, 0.1) is 5.92 Å². The van der Waals surface area contributed by atoms with Crippen LogP contribution in [-0.2, 0) is 10.0 Å². The van der Waals surface area contributed by atoms with E-state index in [4.69, 9.17) is 9.52 Å². The molecular weight excluding hydrogens is 258 g/mol. The molecule has 0 saturated heterocycles. The van der Waals surface area contributed by atoms with Gasteiger partial charge >= 0.3 is 0 Å². The number of aliphatic hydroxyl groups is 1. The minimum atomic E-state index is -3.76. The van der Waals surface area contributed by atoms with E-state index in [1.54, 1.807) is 0 Å². The van der Waals surface area contributed by atoms with Crippen LogP contribution in [0.25, 0.3) is 0 Å². The Hall–Kier alpha value is -1.18. The van der Waals surface area contributed by atoms with Gasteiger partial charge in [-0.15, -0.1) is 0 Å². The summed E-state index contributed by atoms with van der Waals surface area (Å²) in [5.41, 5.74) is 0. The summed E-state index contributed by atoms with van der Waals surface area (Å²) in [5, 5.41) is 8.87. The normalized spacial score (nSPS) is 24.3. The van der Waals surface area contributed by atoms with Gasteiger partial charge in [-0.05, 0) is 30.9 Å². The van der Waals surface area contributed by atoms with Gasteiger partial charge in [0.1, 0.15) is 0 Å². The van der Waals surface area contributed by atoms with Crippen LogP contribution in [-0.4, -0.2) is 32.5 Å². The van der Waals surface area contributed by atoms with Crippen LogP contribution in [0.3, 0.4) is 0 Å². The van der Waals surface area contributed by atoms with Crippen molar-refractivity contribution in [3.8, 4) is 0 Å². The van der Waals surface area contributed by atoms with Gasteiger partial charge in [-0.3, -0.25) is 4.79 Å². The highest BCUT2D eigenvalue weighted by Gasteiger charge is 2.31. The van der Waals surface area contributed by atoms with Gasteiger partial charge in [0.25, 0.3) is 10.0 Å². The predicted octanol–water partition coefficient (Wildman–Crippen LogP) is 0.531. The molecule has 0 spiro atoms. The molecule has 1 fully saturated rings. The first-order valence-corrected chi connectivity index (χ1v) is 7.23. The Morgan fingerprint density at radius 2 is 2.22 bits per heavy atom. The summed E-state index contributed by atoms with van der Waals surface area (Å²) in [4.78, 5) is 10.4. The SMILES string of the molecule is O=Cc1ccc(S(=O)(=O)NC2CCCC2CO)o1.